The highest BCUT2D eigenvalue weighted by Crippen LogP contribution is 2.24. The van der Waals surface area contributed by atoms with E-state index in [1.807, 2.05) is 42.5 Å². The summed E-state index contributed by atoms with van der Waals surface area (Å²) in [5.74, 6) is 0.643. The molecule has 0 unspecified atom stereocenters. The Morgan fingerprint density at radius 2 is 1.89 bits per heavy atom. The molecule has 0 aliphatic carbocycles. The largest absolute Gasteiger partial charge is 0.489 e. The first-order valence-electron chi connectivity index (χ1n) is 8.56. The predicted octanol–water partition coefficient (Wildman–Crippen LogP) is 5.08. The second kappa shape index (κ2) is 7.30. The van der Waals surface area contributed by atoms with Crippen molar-refractivity contribution in [2.24, 2.45) is 0 Å². The molecule has 4 aromatic rings. The van der Waals surface area contributed by atoms with Crippen molar-refractivity contribution in [3.63, 3.8) is 0 Å². The first-order valence-corrected chi connectivity index (χ1v) is 8.56. The quantitative estimate of drug-likeness (QED) is 0.469. The van der Waals surface area contributed by atoms with Gasteiger partial charge in [-0.25, -0.2) is 4.79 Å². The Hall–Kier alpha value is -3.66. The topological polar surface area (TPSA) is 52.3 Å². The Bertz CT molecular complexity index is 1150. The van der Waals surface area contributed by atoms with Crippen molar-refractivity contribution in [2.75, 3.05) is 0 Å². The van der Waals surface area contributed by atoms with Gasteiger partial charge in [0.15, 0.2) is 0 Å². The van der Waals surface area contributed by atoms with Gasteiger partial charge < -0.3 is 9.15 Å². The number of aromatic nitrogens is 1. The molecule has 0 aliphatic heterocycles. The van der Waals surface area contributed by atoms with Crippen molar-refractivity contribution >= 4 is 17.0 Å². The third-order valence-corrected chi connectivity index (χ3v) is 4.27. The summed E-state index contributed by atoms with van der Waals surface area (Å²) in [7, 11) is 0. The van der Waals surface area contributed by atoms with Gasteiger partial charge in [-0.1, -0.05) is 43.0 Å². The van der Waals surface area contributed by atoms with Crippen LogP contribution in [0.3, 0.4) is 0 Å². The number of benzene rings is 2. The van der Waals surface area contributed by atoms with Crippen LogP contribution >= 0.6 is 0 Å². The van der Waals surface area contributed by atoms with Gasteiger partial charge in [0, 0.05) is 17.6 Å². The average Bonchev–Trinajstić information content (AvgIpc) is 2.72. The minimum Gasteiger partial charge on any atom is -0.489 e. The fourth-order valence-electron chi connectivity index (χ4n) is 2.80. The third kappa shape index (κ3) is 3.65. The number of fused-ring (bicyclic) bond motifs is 1. The molecule has 0 saturated heterocycles. The fraction of sp³-hybridized carbons (Fsp3) is 0.0435. The minimum absolute atomic E-state index is 0.418. The highest BCUT2D eigenvalue weighted by Gasteiger charge is 2.09. The van der Waals surface area contributed by atoms with Gasteiger partial charge in [-0.2, -0.15) is 0 Å². The highest BCUT2D eigenvalue weighted by molar-refractivity contribution is 5.82. The number of hydrogen-bond donors (Lipinski definition) is 0. The molecule has 0 atom stereocenters. The highest BCUT2D eigenvalue weighted by atomic mass is 16.5. The number of pyridine rings is 1. The van der Waals surface area contributed by atoms with Crippen LogP contribution in [0.15, 0.2) is 88.7 Å². The third-order valence-electron chi connectivity index (χ3n) is 4.27. The van der Waals surface area contributed by atoms with Crippen LogP contribution < -0.4 is 10.4 Å². The van der Waals surface area contributed by atoms with E-state index in [1.165, 1.54) is 0 Å². The Morgan fingerprint density at radius 1 is 1.04 bits per heavy atom. The van der Waals surface area contributed by atoms with Crippen molar-refractivity contribution in [3.8, 4) is 17.0 Å². The molecule has 4 heteroatoms. The van der Waals surface area contributed by atoms with E-state index >= 15 is 0 Å². The first-order chi connectivity index (χ1) is 13.2. The maximum absolute atomic E-state index is 12.3. The zero-order chi connectivity index (χ0) is 18.6. The maximum atomic E-state index is 12.3. The summed E-state index contributed by atoms with van der Waals surface area (Å²) in [5, 5.41) is 0.818. The molecule has 0 spiro atoms. The lowest BCUT2D eigenvalue weighted by atomic mass is 10.1. The van der Waals surface area contributed by atoms with Crippen LogP contribution in [0.2, 0.25) is 0 Å². The van der Waals surface area contributed by atoms with Crippen LogP contribution in [-0.2, 0) is 6.61 Å². The molecule has 2 heterocycles. The van der Waals surface area contributed by atoms with E-state index in [2.05, 4.69) is 11.6 Å². The molecule has 0 aliphatic rings. The number of rotatable bonds is 5. The van der Waals surface area contributed by atoms with Gasteiger partial charge in [-0.05, 0) is 41.5 Å². The first kappa shape index (κ1) is 16.8. The summed E-state index contributed by atoms with van der Waals surface area (Å²) < 4.78 is 11.3. The summed E-state index contributed by atoms with van der Waals surface area (Å²) in [4.78, 5) is 16.5. The van der Waals surface area contributed by atoms with Crippen LogP contribution in [0.25, 0.3) is 28.3 Å². The molecule has 0 amide bonds. The molecule has 4 rings (SSSR count). The smallest absolute Gasteiger partial charge is 0.345 e. The Labute approximate surface area is 156 Å². The molecule has 0 N–H and O–H groups in total. The molecule has 2 aromatic carbocycles. The van der Waals surface area contributed by atoms with Gasteiger partial charge in [0.1, 0.15) is 17.9 Å². The van der Waals surface area contributed by atoms with E-state index in [-0.39, 0.29) is 0 Å². The van der Waals surface area contributed by atoms with E-state index < -0.39 is 5.63 Å². The van der Waals surface area contributed by atoms with Crippen molar-refractivity contribution in [3.05, 3.63) is 101 Å². The Kier molecular flexibility index (Phi) is 4.54. The predicted molar refractivity (Wildman–Crippen MR) is 107 cm³/mol. The second-order valence-electron chi connectivity index (χ2n) is 6.10. The Balaban J connectivity index is 1.58. The molecular weight excluding hydrogens is 338 g/mol. The molecular formula is C23H17NO3. The fourth-order valence-corrected chi connectivity index (χ4v) is 2.80. The van der Waals surface area contributed by atoms with E-state index in [9.17, 15) is 4.79 Å². The van der Waals surface area contributed by atoms with Crippen LogP contribution in [0.4, 0.5) is 0 Å². The van der Waals surface area contributed by atoms with Crippen LogP contribution in [0, 0.1) is 0 Å². The lowest BCUT2D eigenvalue weighted by Gasteiger charge is -2.08. The van der Waals surface area contributed by atoms with Crippen molar-refractivity contribution in [1.82, 2.24) is 4.98 Å². The van der Waals surface area contributed by atoms with Gasteiger partial charge in [0.25, 0.3) is 0 Å². The molecule has 4 nitrogen and oxygen atoms in total. The molecule has 27 heavy (non-hydrogen) atoms. The van der Waals surface area contributed by atoms with Gasteiger partial charge >= 0.3 is 5.63 Å². The summed E-state index contributed by atoms with van der Waals surface area (Å²) in [6.45, 7) is 4.17. The SMILES string of the molecule is C=Cc1ccc(COc2ccc3cc(-c4ccccn4)c(=O)oc3c2)cc1. The molecule has 0 bridgehead atoms. The molecule has 132 valence electrons. The monoisotopic (exact) mass is 355 g/mol. The van der Waals surface area contributed by atoms with Crippen LogP contribution in [0.1, 0.15) is 11.1 Å². The van der Waals surface area contributed by atoms with E-state index in [4.69, 9.17) is 9.15 Å². The van der Waals surface area contributed by atoms with Crippen molar-refractivity contribution in [2.45, 2.75) is 6.61 Å². The number of nitrogens with zero attached hydrogens (tertiary/aromatic N) is 1. The summed E-state index contributed by atoms with van der Waals surface area (Å²) >= 11 is 0. The zero-order valence-corrected chi connectivity index (χ0v) is 14.6. The van der Waals surface area contributed by atoms with Gasteiger partial charge in [-0.15, -0.1) is 0 Å². The summed E-state index contributed by atoms with van der Waals surface area (Å²) in [6.07, 6.45) is 3.45. The van der Waals surface area contributed by atoms with E-state index in [0.29, 0.717) is 29.2 Å². The summed E-state index contributed by atoms with van der Waals surface area (Å²) in [5.41, 5.74) is 3.22. The average molecular weight is 355 g/mol. The van der Waals surface area contributed by atoms with Crippen molar-refractivity contribution < 1.29 is 9.15 Å². The zero-order valence-electron chi connectivity index (χ0n) is 14.6. The normalized spacial score (nSPS) is 10.7. The lowest BCUT2D eigenvalue weighted by Crippen LogP contribution is -2.03. The van der Waals surface area contributed by atoms with E-state index in [1.54, 1.807) is 36.5 Å². The minimum atomic E-state index is -0.418. The number of ether oxygens (including phenoxy) is 1. The molecule has 0 saturated carbocycles. The van der Waals surface area contributed by atoms with Crippen LogP contribution in [-0.4, -0.2) is 4.98 Å². The second-order valence-corrected chi connectivity index (χ2v) is 6.10. The number of hydrogen-bond acceptors (Lipinski definition) is 4. The Morgan fingerprint density at radius 3 is 2.63 bits per heavy atom. The maximum Gasteiger partial charge on any atom is 0.345 e. The molecule has 0 radical (unpaired) electrons. The van der Waals surface area contributed by atoms with Gasteiger partial charge in [-0.3, -0.25) is 4.98 Å². The molecule has 0 fully saturated rings. The molecule has 2 aromatic heterocycles. The van der Waals surface area contributed by atoms with Gasteiger partial charge in [0.2, 0.25) is 0 Å². The standard InChI is InChI=1S/C23H17NO3/c1-2-16-6-8-17(9-7-16)15-26-19-11-10-18-13-20(21-5-3-4-12-24-21)23(25)27-22(18)14-19/h2-14H,1,15H2. The lowest BCUT2D eigenvalue weighted by molar-refractivity contribution is 0.306. The van der Waals surface area contributed by atoms with Crippen molar-refractivity contribution in [1.29, 1.82) is 0 Å². The van der Waals surface area contributed by atoms with Gasteiger partial charge in [0.05, 0.1) is 11.3 Å². The van der Waals surface area contributed by atoms with Crippen LogP contribution in [0.5, 0.6) is 5.75 Å². The summed E-state index contributed by atoms with van der Waals surface area (Å²) in [6, 6.07) is 20.7. The van der Waals surface area contributed by atoms with E-state index in [0.717, 1.165) is 16.5 Å².